The van der Waals surface area contributed by atoms with E-state index in [4.69, 9.17) is 5.11 Å². The van der Waals surface area contributed by atoms with Gasteiger partial charge >= 0.3 is 5.97 Å². The smallest absolute Gasteiger partial charge is 0.326 e. The van der Waals surface area contributed by atoms with Crippen molar-refractivity contribution in [1.82, 2.24) is 5.32 Å². The van der Waals surface area contributed by atoms with Crippen molar-refractivity contribution in [2.75, 3.05) is 0 Å². The van der Waals surface area contributed by atoms with E-state index in [1.807, 2.05) is 0 Å². The van der Waals surface area contributed by atoms with E-state index in [1.165, 1.54) is 36.4 Å². The van der Waals surface area contributed by atoms with E-state index >= 15 is 0 Å². The monoisotopic (exact) mass is 305 g/mol. The van der Waals surface area contributed by atoms with Gasteiger partial charge < -0.3 is 10.4 Å². The third-order valence-electron chi connectivity index (χ3n) is 3.07. The summed E-state index contributed by atoms with van der Waals surface area (Å²) >= 11 is 0. The molecule has 2 aromatic carbocycles. The van der Waals surface area contributed by atoms with E-state index in [-0.39, 0.29) is 17.5 Å². The van der Waals surface area contributed by atoms with Crippen molar-refractivity contribution in [1.29, 1.82) is 0 Å². The number of carbonyl (C=O) groups is 2. The first kappa shape index (κ1) is 15.6. The molecule has 22 heavy (non-hydrogen) atoms. The number of halogens is 2. The van der Waals surface area contributed by atoms with Gasteiger partial charge in [-0.1, -0.05) is 24.3 Å². The predicted octanol–water partition coefficient (Wildman–Crippen LogP) is 2.39. The molecule has 0 aliphatic heterocycles. The van der Waals surface area contributed by atoms with Crippen LogP contribution in [0.1, 0.15) is 15.9 Å². The molecule has 0 radical (unpaired) electrons. The molecule has 0 saturated heterocycles. The fourth-order valence-corrected chi connectivity index (χ4v) is 1.96. The molecule has 0 aliphatic carbocycles. The number of carbonyl (C=O) groups excluding carboxylic acids is 1. The number of benzene rings is 2. The molecule has 0 bridgehead atoms. The number of carboxylic acid groups (broad SMARTS) is 1. The first-order chi connectivity index (χ1) is 10.5. The number of aliphatic carboxylic acids is 1. The summed E-state index contributed by atoms with van der Waals surface area (Å²) in [6.45, 7) is 0. The lowest BCUT2D eigenvalue weighted by Gasteiger charge is -2.15. The highest BCUT2D eigenvalue weighted by Crippen LogP contribution is 2.10. The Labute approximate surface area is 125 Å². The third kappa shape index (κ3) is 3.88. The van der Waals surface area contributed by atoms with Crippen LogP contribution in [-0.4, -0.2) is 23.0 Å². The van der Waals surface area contributed by atoms with Gasteiger partial charge in [0.25, 0.3) is 5.91 Å². The summed E-state index contributed by atoms with van der Waals surface area (Å²) in [5.41, 5.74) is 0.175. The number of amides is 1. The van der Waals surface area contributed by atoms with Crippen LogP contribution in [0.4, 0.5) is 8.78 Å². The molecule has 1 amide bonds. The molecular formula is C16H13F2NO3. The summed E-state index contributed by atoms with van der Waals surface area (Å²) in [6, 6.07) is 9.28. The Bertz CT molecular complexity index is 703. The summed E-state index contributed by atoms with van der Waals surface area (Å²) < 4.78 is 26.6. The highest BCUT2D eigenvalue weighted by atomic mass is 19.1. The van der Waals surface area contributed by atoms with E-state index < -0.39 is 29.6 Å². The molecule has 0 unspecified atom stereocenters. The molecule has 2 aromatic rings. The topological polar surface area (TPSA) is 66.4 Å². The standard InChI is InChI=1S/C16H13F2NO3/c17-12-6-3-5-11(8-12)15(20)19-14(16(21)22)9-10-4-1-2-7-13(10)18/h1-8,14H,9H2,(H,19,20)(H,21,22)/t14-/m1/s1. The predicted molar refractivity (Wildman–Crippen MR) is 75.4 cm³/mol. The lowest BCUT2D eigenvalue weighted by Crippen LogP contribution is -2.42. The van der Waals surface area contributed by atoms with Gasteiger partial charge in [-0.05, 0) is 29.8 Å². The van der Waals surface area contributed by atoms with Gasteiger partial charge in [0.15, 0.2) is 0 Å². The largest absolute Gasteiger partial charge is 0.480 e. The second kappa shape index (κ2) is 6.80. The van der Waals surface area contributed by atoms with E-state index in [0.717, 1.165) is 6.07 Å². The third-order valence-corrected chi connectivity index (χ3v) is 3.07. The van der Waals surface area contributed by atoms with E-state index in [9.17, 15) is 18.4 Å². The number of hydrogen-bond donors (Lipinski definition) is 2. The second-order valence-electron chi connectivity index (χ2n) is 4.67. The van der Waals surface area contributed by atoms with E-state index in [2.05, 4.69) is 5.32 Å². The second-order valence-corrected chi connectivity index (χ2v) is 4.67. The molecule has 1 atom stereocenters. The highest BCUT2D eigenvalue weighted by molar-refractivity contribution is 5.96. The summed E-state index contributed by atoms with van der Waals surface area (Å²) in [7, 11) is 0. The minimum absolute atomic E-state index is 0.000200. The molecule has 4 nitrogen and oxygen atoms in total. The van der Waals surface area contributed by atoms with Crippen molar-refractivity contribution in [3.63, 3.8) is 0 Å². The molecule has 0 spiro atoms. The SMILES string of the molecule is O=C(N[C@H](Cc1ccccc1F)C(=O)O)c1cccc(F)c1. The fourth-order valence-electron chi connectivity index (χ4n) is 1.96. The molecule has 6 heteroatoms. The average molecular weight is 305 g/mol. The Balaban J connectivity index is 2.14. The fraction of sp³-hybridized carbons (Fsp3) is 0.125. The van der Waals surface area contributed by atoms with Crippen molar-refractivity contribution < 1.29 is 23.5 Å². The number of carboxylic acids is 1. The molecular weight excluding hydrogens is 292 g/mol. The number of hydrogen-bond acceptors (Lipinski definition) is 2. The Hall–Kier alpha value is -2.76. The van der Waals surface area contributed by atoms with Gasteiger partial charge in [0.1, 0.15) is 17.7 Å². The quantitative estimate of drug-likeness (QED) is 0.891. The highest BCUT2D eigenvalue weighted by Gasteiger charge is 2.22. The Kier molecular flexibility index (Phi) is 4.83. The summed E-state index contributed by atoms with van der Waals surface area (Å²) in [6.07, 6.45) is -0.205. The maximum atomic E-state index is 13.6. The van der Waals surface area contributed by atoms with Gasteiger partial charge in [0, 0.05) is 12.0 Å². The summed E-state index contributed by atoms with van der Waals surface area (Å²) in [5.74, 6) is -3.18. The zero-order chi connectivity index (χ0) is 16.1. The Morgan fingerprint density at radius 1 is 1.09 bits per heavy atom. The van der Waals surface area contributed by atoms with Crippen molar-refractivity contribution in [3.05, 3.63) is 71.3 Å². The van der Waals surface area contributed by atoms with Crippen molar-refractivity contribution in [2.24, 2.45) is 0 Å². The molecule has 2 N–H and O–H groups in total. The van der Waals surface area contributed by atoms with Crippen LogP contribution in [0.2, 0.25) is 0 Å². The van der Waals surface area contributed by atoms with Gasteiger partial charge in [-0.15, -0.1) is 0 Å². The zero-order valence-corrected chi connectivity index (χ0v) is 11.4. The first-order valence-electron chi connectivity index (χ1n) is 6.50. The molecule has 0 aromatic heterocycles. The number of nitrogens with one attached hydrogen (secondary N) is 1. The van der Waals surface area contributed by atoms with Gasteiger partial charge in [0.05, 0.1) is 0 Å². The van der Waals surface area contributed by atoms with Crippen molar-refractivity contribution in [3.8, 4) is 0 Å². The minimum atomic E-state index is -1.31. The average Bonchev–Trinajstić information content (AvgIpc) is 2.48. The van der Waals surface area contributed by atoms with E-state index in [0.29, 0.717) is 0 Å². The van der Waals surface area contributed by atoms with Crippen LogP contribution in [0.25, 0.3) is 0 Å². The van der Waals surface area contributed by atoms with Crippen LogP contribution in [-0.2, 0) is 11.2 Å². The van der Waals surface area contributed by atoms with Crippen LogP contribution < -0.4 is 5.32 Å². The normalized spacial score (nSPS) is 11.7. The van der Waals surface area contributed by atoms with Crippen molar-refractivity contribution in [2.45, 2.75) is 12.5 Å². The molecule has 0 fully saturated rings. The van der Waals surface area contributed by atoms with Crippen LogP contribution in [0.3, 0.4) is 0 Å². The lowest BCUT2D eigenvalue weighted by atomic mass is 10.0. The van der Waals surface area contributed by atoms with Crippen LogP contribution in [0.15, 0.2) is 48.5 Å². The van der Waals surface area contributed by atoms with Crippen molar-refractivity contribution >= 4 is 11.9 Å². The van der Waals surface area contributed by atoms with Crippen LogP contribution in [0, 0.1) is 11.6 Å². The molecule has 0 aliphatic rings. The van der Waals surface area contributed by atoms with Gasteiger partial charge in [-0.3, -0.25) is 4.79 Å². The first-order valence-corrected chi connectivity index (χ1v) is 6.50. The maximum absolute atomic E-state index is 13.6. The van der Waals surface area contributed by atoms with Crippen LogP contribution >= 0.6 is 0 Å². The zero-order valence-electron chi connectivity index (χ0n) is 11.4. The summed E-state index contributed by atoms with van der Waals surface area (Å²) in [5, 5.41) is 11.4. The van der Waals surface area contributed by atoms with Gasteiger partial charge in [-0.25, -0.2) is 13.6 Å². The Morgan fingerprint density at radius 3 is 2.45 bits per heavy atom. The van der Waals surface area contributed by atoms with Gasteiger partial charge in [0.2, 0.25) is 0 Å². The Morgan fingerprint density at radius 2 is 1.82 bits per heavy atom. The number of rotatable bonds is 5. The molecule has 114 valence electrons. The van der Waals surface area contributed by atoms with Gasteiger partial charge in [-0.2, -0.15) is 0 Å². The summed E-state index contributed by atoms with van der Waals surface area (Å²) in [4.78, 5) is 23.2. The van der Waals surface area contributed by atoms with Crippen LogP contribution in [0.5, 0.6) is 0 Å². The lowest BCUT2D eigenvalue weighted by molar-refractivity contribution is -0.139. The molecule has 0 saturated carbocycles. The molecule has 0 heterocycles. The minimum Gasteiger partial charge on any atom is -0.480 e. The van der Waals surface area contributed by atoms with E-state index in [1.54, 1.807) is 6.07 Å². The maximum Gasteiger partial charge on any atom is 0.326 e. The molecule has 2 rings (SSSR count).